The van der Waals surface area contributed by atoms with Gasteiger partial charge in [-0.2, -0.15) is 0 Å². The van der Waals surface area contributed by atoms with Gasteiger partial charge in [0.25, 0.3) is 0 Å². The summed E-state index contributed by atoms with van der Waals surface area (Å²) in [6.07, 6.45) is 1.14. The van der Waals surface area contributed by atoms with Gasteiger partial charge in [0.2, 0.25) is 5.78 Å². The van der Waals surface area contributed by atoms with Crippen LogP contribution in [0.5, 0.6) is 5.75 Å². The second-order valence-corrected chi connectivity index (χ2v) is 6.68. The van der Waals surface area contributed by atoms with Crippen molar-refractivity contribution >= 4 is 28.4 Å². The number of methoxy groups -OCH3 is 1. The lowest BCUT2D eigenvalue weighted by Crippen LogP contribution is -2.24. The lowest BCUT2D eigenvalue weighted by Gasteiger charge is -2.07. The van der Waals surface area contributed by atoms with Gasteiger partial charge in [0.15, 0.2) is 11.2 Å². The van der Waals surface area contributed by atoms with E-state index in [0.717, 1.165) is 16.9 Å². The molecule has 1 heterocycles. The van der Waals surface area contributed by atoms with Gasteiger partial charge in [-0.25, -0.2) is 4.79 Å². The second-order valence-electron chi connectivity index (χ2n) is 6.68. The fourth-order valence-electron chi connectivity index (χ4n) is 3.13. The van der Waals surface area contributed by atoms with Crippen LogP contribution in [0.15, 0.2) is 53.5 Å². The van der Waals surface area contributed by atoms with Crippen molar-refractivity contribution in [2.24, 2.45) is 0 Å². The minimum atomic E-state index is -1.08. The maximum Gasteiger partial charge on any atom is 0.375 e. The van der Waals surface area contributed by atoms with Gasteiger partial charge < -0.3 is 14.5 Å². The molecular formula is C23H21NO6. The highest BCUT2D eigenvalue weighted by molar-refractivity contribution is 6.38. The SMILES string of the molecule is CCOC(=O)C(=O)CC(=O)c1c[nH]c2ccc(Cc3cccc(OC)c3)cc2c1=O. The molecule has 2 aromatic carbocycles. The summed E-state index contributed by atoms with van der Waals surface area (Å²) < 4.78 is 9.83. The number of carbonyl (C=O) groups is 3. The van der Waals surface area contributed by atoms with Crippen LogP contribution < -0.4 is 10.2 Å². The molecular weight excluding hydrogens is 386 g/mol. The van der Waals surface area contributed by atoms with E-state index in [-0.39, 0.29) is 12.2 Å². The second kappa shape index (κ2) is 9.17. The molecule has 0 amide bonds. The van der Waals surface area contributed by atoms with Gasteiger partial charge in [-0.05, 0) is 48.7 Å². The number of ether oxygens (including phenoxy) is 2. The third-order valence-corrected chi connectivity index (χ3v) is 4.61. The van der Waals surface area contributed by atoms with E-state index in [4.69, 9.17) is 4.74 Å². The minimum absolute atomic E-state index is 0.0331. The summed E-state index contributed by atoms with van der Waals surface area (Å²) in [7, 11) is 1.60. The van der Waals surface area contributed by atoms with E-state index in [0.29, 0.717) is 17.3 Å². The first-order valence-electron chi connectivity index (χ1n) is 9.43. The number of carbonyl (C=O) groups excluding carboxylic acids is 3. The van der Waals surface area contributed by atoms with Crippen molar-refractivity contribution in [3.8, 4) is 5.75 Å². The van der Waals surface area contributed by atoms with Crippen molar-refractivity contribution in [3.05, 3.63) is 75.6 Å². The molecule has 0 fully saturated rings. The maximum absolute atomic E-state index is 12.9. The first-order chi connectivity index (χ1) is 14.4. The molecule has 3 aromatic rings. The number of hydrogen-bond acceptors (Lipinski definition) is 6. The quantitative estimate of drug-likeness (QED) is 0.267. The van der Waals surface area contributed by atoms with Crippen LogP contribution >= 0.6 is 0 Å². The minimum Gasteiger partial charge on any atom is -0.497 e. The monoisotopic (exact) mass is 407 g/mol. The molecule has 0 aliphatic rings. The van der Waals surface area contributed by atoms with Gasteiger partial charge in [0.05, 0.1) is 25.7 Å². The molecule has 0 radical (unpaired) electrons. The number of ketones is 2. The van der Waals surface area contributed by atoms with Crippen LogP contribution in [0.25, 0.3) is 10.9 Å². The molecule has 1 aromatic heterocycles. The number of H-pyrrole nitrogens is 1. The Bertz CT molecular complexity index is 1180. The normalized spacial score (nSPS) is 10.6. The molecule has 7 nitrogen and oxygen atoms in total. The van der Waals surface area contributed by atoms with Crippen LogP contribution in [-0.2, 0) is 20.7 Å². The first kappa shape index (κ1) is 21.0. The summed E-state index contributed by atoms with van der Waals surface area (Å²) in [6.45, 7) is 1.59. The Balaban J connectivity index is 1.89. The van der Waals surface area contributed by atoms with Crippen molar-refractivity contribution in [1.29, 1.82) is 0 Å². The van der Waals surface area contributed by atoms with Gasteiger partial charge in [0, 0.05) is 17.1 Å². The number of aromatic amines is 1. The molecule has 30 heavy (non-hydrogen) atoms. The molecule has 1 N–H and O–H groups in total. The summed E-state index contributed by atoms with van der Waals surface area (Å²) in [4.78, 5) is 51.4. The molecule has 0 aliphatic carbocycles. The first-order valence-corrected chi connectivity index (χ1v) is 9.43. The van der Waals surface area contributed by atoms with E-state index in [1.165, 1.54) is 6.20 Å². The molecule has 0 saturated heterocycles. The van der Waals surface area contributed by atoms with Crippen LogP contribution in [0.2, 0.25) is 0 Å². The number of fused-ring (bicyclic) bond motifs is 1. The van der Waals surface area contributed by atoms with Crippen molar-refractivity contribution in [2.45, 2.75) is 19.8 Å². The number of nitrogens with one attached hydrogen (secondary N) is 1. The standard InChI is InChI=1S/C23H21NO6/c1-3-30-23(28)21(26)12-20(25)18-13-24-19-8-7-15(11-17(19)22(18)27)9-14-5-4-6-16(10-14)29-2/h4-8,10-11,13H,3,9,12H2,1-2H3,(H,24,27). The third kappa shape index (κ3) is 4.63. The smallest absolute Gasteiger partial charge is 0.375 e. The van der Waals surface area contributed by atoms with Crippen LogP contribution in [0.3, 0.4) is 0 Å². The molecule has 0 saturated carbocycles. The van der Waals surface area contributed by atoms with E-state index in [1.807, 2.05) is 30.3 Å². The fraction of sp³-hybridized carbons (Fsp3) is 0.217. The summed E-state index contributed by atoms with van der Waals surface area (Å²) in [5, 5.41) is 0.338. The average molecular weight is 407 g/mol. The third-order valence-electron chi connectivity index (χ3n) is 4.61. The predicted octanol–water partition coefficient (Wildman–Crippen LogP) is 2.83. The lowest BCUT2D eigenvalue weighted by atomic mass is 10.0. The highest BCUT2D eigenvalue weighted by Crippen LogP contribution is 2.18. The number of hydrogen-bond donors (Lipinski definition) is 1. The summed E-state index contributed by atoms with van der Waals surface area (Å²) in [5.41, 5.74) is 1.81. The van der Waals surface area contributed by atoms with Gasteiger partial charge in [-0.3, -0.25) is 14.4 Å². The average Bonchev–Trinajstić information content (AvgIpc) is 2.74. The van der Waals surface area contributed by atoms with Gasteiger partial charge in [0.1, 0.15) is 5.75 Å². The van der Waals surface area contributed by atoms with E-state index in [9.17, 15) is 19.2 Å². The molecule has 0 atom stereocenters. The Labute approximate surface area is 172 Å². The lowest BCUT2D eigenvalue weighted by molar-refractivity contribution is -0.153. The fourth-order valence-corrected chi connectivity index (χ4v) is 3.13. The van der Waals surface area contributed by atoms with Gasteiger partial charge in [-0.15, -0.1) is 0 Å². The topological polar surface area (TPSA) is 103 Å². The summed E-state index contributed by atoms with van der Waals surface area (Å²) >= 11 is 0. The Morgan fingerprint density at radius 3 is 2.53 bits per heavy atom. The Morgan fingerprint density at radius 1 is 1.03 bits per heavy atom. The Hall–Kier alpha value is -3.74. The van der Waals surface area contributed by atoms with Crippen molar-refractivity contribution in [3.63, 3.8) is 0 Å². The zero-order chi connectivity index (χ0) is 21.7. The van der Waals surface area contributed by atoms with Gasteiger partial charge >= 0.3 is 5.97 Å². The molecule has 154 valence electrons. The Kier molecular flexibility index (Phi) is 6.41. The highest BCUT2D eigenvalue weighted by atomic mass is 16.5. The molecule has 7 heteroatoms. The summed E-state index contributed by atoms with van der Waals surface area (Å²) in [5.74, 6) is -2.04. The van der Waals surface area contributed by atoms with E-state index in [2.05, 4.69) is 9.72 Å². The van der Waals surface area contributed by atoms with Crippen LogP contribution in [0.4, 0.5) is 0 Å². The van der Waals surface area contributed by atoms with Crippen molar-refractivity contribution in [2.75, 3.05) is 13.7 Å². The van der Waals surface area contributed by atoms with Crippen LogP contribution in [0, 0.1) is 0 Å². The number of Topliss-reactive ketones (excluding diaryl/α,β-unsaturated/α-hetero) is 2. The van der Waals surface area contributed by atoms with Gasteiger partial charge in [-0.1, -0.05) is 18.2 Å². The molecule has 3 rings (SSSR count). The van der Waals surface area contributed by atoms with E-state index in [1.54, 1.807) is 26.2 Å². The van der Waals surface area contributed by atoms with Crippen molar-refractivity contribution in [1.82, 2.24) is 4.98 Å². The molecule has 0 spiro atoms. The zero-order valence-corrected chi connectivity index (χ0v) is 16.7. The molecule has 0 bridgehead atoms. The van der Waals surface area contributed by atoms with Crippen molar-refractivity contribution < 1.29 is 23.9 Å². The molecule has 0 unspecified atom stereocenters. The van der Waals surface area contributed by atoms with Crippen LogP contribution in [-0.4, -0.2) is 36.2 Å². The number of pyridine rings is 1. The van der Waals surface area contributed by atoms with E-state index >= 15 is 0 Å². The number of benzene rings is 2. The summed E-state index contributed by atoms with van der Waals surface area (Å²) in [6, 6.07) is 13.0. The Morgan fingerprint density at radius 2 is 1.80 bits per heavy atom. The number of aromatic nitrogens is 1. The number of rotatable bonds is 8. The largest absolute Gasteiger partial charge is 0.497 e. The number of esters is 1. The van der Waals surface area contributed by atoms with E-state index < -0.39 is 29.4 Å². The maximum atomic E-state index is 12.9. The highest BCUT2D eigenvalue weighted by Gasteiger charge is 2.22. The molecule has 0 aliphatic heterocycles. The zero-order valence-electron chi connectivity index (χ0n) is 16.7. The van der Waals surface area contributed by atoms with Crippen LogP contribution in [0.1, 0.15) is 34.8 Å². The predicted molar refractivity (Wildman–Crippen MR) is 111 cm³/mol.